The number of nitrogens with one attached hydrogen (secondary N) is 1. The molecule has 23 heavy (non-hydrogen) atoms. The van der Waals surface area contributed by atoms with Gasteiger partial charge in [0.1, 0.15) is 5.75 Å². The lowest BCUT2D eigenvalue weighted by molar-refractivity contribution is -0.384. The normalized spacial score (nSPS) is 18.5. The molecule has 1 aromatic rings. The minimum absolute atomic E-state index is 0.0351. The van der Waals surface area contributed by atoms with Crippen LogP contribution in [0, 0.1) is 10.1 Å². The third kappa shape index (κ3) is 4.33. The molecule has 2 atom stereocenters. The fourth-order valence-corrected chi connectivity index (χ4v) is 2.84. The number of benzene rings is 1. The van der Waals surface area contributed by atoms with Gasteiger partial charge < -0.3 is 20.1 Å². The molecule has 0 aromatic heterocycles. The van der Waals surface area contributed by atoms with E-state index in [2.05, 4.69) is 10.2 Å². The number of nitro groups is 1. The molecule has 1 aliphatic heterocycles. The fraction of sp³-hybridized carbons (Fsp3) is 0.625. The summed E-state index contributed by atoms with van der Waals surface area (Å²) in [6.45, 7) is 5.46. The second-order valence-corrected chi connectivity index (χ2v) is 6.07. The molecule has 1 aliphatic rings. The molecule has 0 amide bonds. The molecule has 0 spiro atoms. The number of nitrogens with zero attached hydrogens (tertiary/aromatic N) is 2. The zero-order chi connectivity index (χ0) is 17.0. The van der Waals surface area contributed by atoms with E-state index < -0.39 is 4.92 Å². The van der Waals surface area contributed by atoms with E-state index in [-0.39, 0.29) is 17.8 Å². The van der Waals surface area contributed by atoms with Crippen LogP contribution in [0.5, 0.6) is 5.75 Å². The summed E-state index contributed by atoms with van der Waals surface area (Å²) in [5.41, 5.74) is 0.924. The van der Waals surface area contributed by atoms with Gasteiger partial charge in [0.05, 0.1) is 29.9 Å². The number of rotatable bonds is 6. The highest BCUT2D eigenvalue weighted by atomic mass is 16.6. The van der Waals surface area contributed by atoms with Gasteiger partial charge in [-0.2, -0.15) is 0 Å². The number of aliphatic hydroxyl groups excluding tert-OH is 1. The standard InChI is InChI=1S/C16H25N3O4/c1-11(12(2)20)17-13-6-8-18(9-7-13)15-5-4-14(19(21)22)10-16(15)23-3/h4-5,10-13,17,20H,6-9H2,1-3H3/t11-,12+/m0/s1. The average molecular weight is 323 g/mol. The van der Waals surface area contributed by atoms with E-state index in [0.29, 0.717) is 11.8 Å². The maximum absolute atomic E-state index is 10.9. The fourth-order valence-electron chi connectivity index (χ4n) is 2.84. The molecule has 1 aromatic carbocycles. The minimum atomic E-state index is -0.417. The van der Waals surface area contributed by atoms with Gasteiger partial charge in [0.15, 0.2) is 0 Å². The van der Waals surface area contributed by atoms with Crippen molar-refractivity contribution in [3.8, 4) is 5.75 Å². The van der Waals surface area contributed by atoms with Crippen molar-refractivity contribution in [1.29, 1.82) is 0 Å². The number of aliphatic hydroxyl groups is 1. The Morgan fingerprint density at radius 3 is 2.57 bits per heavy atom. The van der Waals surface area contributed by atoms with E-state index in [4.69, 9.17) is 4.74 Å². The van der Waals surface area contributed by atoms with Gasteiger partial charge in [0.2, 0.25) is 0 Å². The third-order valence-electron chi connectivity index (χ3n) is 4.43. The molecule has 1 saturated heterocycles. The van der Waals surface area contributed by atoms with Gasteiger partial charge in [-0.1, -0.05) is 0 Å². The Kier molecular flexibility index (Phi) is 5.79. The van der Waals surface area contributed by atoms with Crippen molar-refractivity contribution in [3.63, 3.8) is 0 Å². The molecule has 0 radical (unpaired) electrons. The Hall–Kier alpha value is -1.86. The first-order valence-electron chi connectivity index (χ1n) is 7.94. The van der Waals surface area contributed by atoms with Gasteiger partial charge in [0, 0.05) is 31.2 Å². The molecule has 0 aliphatic carbocycles. The summed E-state index contributed by atoms with van der Waals surface area (Å²) in [7, 11) is 1.53. The SMILES string of the molecule is COc1cc([N+](=O)[O-])ccc1N1CCC(N[C@@H](C)[C@@H](C)O)CC1. The molecular formula is C16H25N3O4. The van der Waals surface area contributed by atoms with Crippen LogP contribution in [-0.2, 0) is 0 Å². The molecule has 128 valence electrons. The molecule has 2 rings (SSSR count). The second kappa shape index (κ2) is 7.61. The third-order valence-corrected chi connectivity index (χ3v) is 4.43. The summed E-state index contributed by atoms with van der Waals surface area (Å²) in [6.07, 6.45) is 1.54. The van der Waals surface area contributed by atoms with Crippen molar-refractivity contribution in [2.24, 2.45) is 0 Å². The van der Waals surface area contributed by atoms with Crippen molar-refractivity contribution in [3.05, 3.63) is 28.3 Å². The van der Waals surface area contributed by atoms with Crippen LogP contribution < -0.4 is 15.0 Å². The van der Waals surface area contributed by atoms with E-state index in [0.717, 1.165) is 31.6 Å². The van der Waals surface area contributed by atoms with Crippen molar-refractivity contribution >= 4 is 11.4 Å². The van der Waals surface area contributed by atoms with Gasteiger partial charge in [0.25, 0.3) is 5.69 Å². The topological polar surface area (TPSA) is 87.9 Å². The highest BCUT2D eigenvalue weighted by Crippen LogP contribution is 2.33. The number of piperidine rings is 1. The lowest BCUT2D eigenvalue weighted by Gasteiger charge is -2.36. The van der Waals surface area contributed by atoms with Crippen LogP contribution in [0.2, 0.25) is 0 Å². The van der Waals surface area contributed by atoms with Crippen LogP contribution in [0.15, 0.2) is 18.2 Å². The molecule has 1 fully saturated rings. The number of ether oxygens (including phenoxy) is 1. The quantitative estimate of drug-likeness (QED) is 0.614. The lowest BCUT2D eigenvalue weighted by atomic mass is 10.0. The second-order valence-electron chi connectivity index (χ2n) is 6.07. The molecule has 7 heteroatoms. The summed E-state index contributed by atoms with van der Waals surface area (Å²) < 4.78 is 5.32. The highest BCUT2D eigenvalue weighted by molar-refractivity contribution is 5.62. The Bertz CT molecular complexity index is 542. The van der Waals surface area contributed by atoms with Crippen molar-refractivity contribution in [2.45, 2.75) is 44.9 Å². The number of anilines is 1. The van der Waals surface area contributed by atoms with E-state index in [1.54, 1.807) is 13.0 Å². The Morgan fingerprint density at radius 1 is 1.39 bits per heavy atom. The molecular weight excluding hydrogens is 298 g/mol. The van der Waals surface area contributed by atoms with Crippen molar-refractivity contribution in [2.75, 3.05) is 25.1 Å². The summed E-state index contributed by atoms with van der Waals surface area (Å²) in [6, 6.07) is 5.18. The molecule has 0 unspecified atom stereocenters. The minimum Gasteiger partial charge on any atom is -0.494 e. The predicted octanol–water partition coefficient (Wildman–Crippen LogP) is 1.93. The van der Waals surface area contributed by atoms with E-state index >= 15 is 0 Å². The first kappa shape index (κ1) is 17.5. The largest absolute Gasteiger partial charge is 0.494 e. The smallest absolute Gasteiger partial charge is 0.273 e. The Balaban J connectivity index is 2.01. The summed E-state index contributed by atoms with van der Waals surface area (Å²) in [4.78, 5) is 12.6. The molecule has 0 saturated carbocycles. The van der Waals surface area contributed by atoms with Crippen LogP contribution in [0.1, 0.15) is 26.7 Å². The first-order valence-corrected chi connectivity index (χ1v) is 7.94. The summed E-state index contributed by atoms with van der Waals surface area (Å²) in [5.74, 6) is 0.531. The van der Waals surface area contributed by atoms with Crippen molar-refractivity contribution in [1.82, 2.24) is 5.32 Å². The maximum Gasteiger partial charge on any atom is 0.273 e. The zero-order valence-electron chi connectivity index (χ0n) is 13.9. The number of hydrogen-bond acceptors (Lipinski definition) is 6. The number of methoxy groups -OCH3 is 1. The van der Waals surface area contributed by atoms with E-state index in [9.17, 15) is 15.2 Å². The number of non-ortho nitro benzene ring substituents is 1. The maximum atomic E-state index is 10.9. The highest BCUT2D eigenvalue weighted by Gasteiger charge is 2.24. The van der Waals surface area contributed by atoms with Crippen LogP contribution in [-0.4, -0.2) is 48.4 Å². The van der Waals surface area contributed by atoms with Crippen LogP contribution in [0.4, 0.5) is 11.4 Å². The molecule has 2 N–H and O–H groups in total. The van der Waals surface area contributed by atoms with Gasteiger partial charge in [-0.3, -0.25) is 10.1 Å². The monoisotopic (exact) mass is 323 g/mol. The van der Waals surface area contributed by atoms with Gasteiger partial charge in [-0.15, -0.1) is 0 Å². The predicted molar refractivity (Wildman–Crippen MR) is 89.2 cm³/mol. The van der Waals surface area contributed by atoms with Crippen LogP contribution >= 0.6 is 0 Å². The summed E-state index contributed by atoms with van der Waals surface area (Å²) in [5, 5.41) is 23.9. The van der Waals surface area contributed by atoms with E-state index in [1.807, 2.05) is 6.92 Å². The molecule has 1 heterocycles. The zero-order valence-corrected chi connectivity index (χ0v) is 13.9. The van der Waals surface area contributed by atoms with Crippen molar-refractivity contribution < 1.29 is 14.8 Å². The first-order chi connectivity index (χ1) is 10.9. The van der Waals surface area contributed by atoms with Crippen LogP contribution in [0.3, 0.4) is 0 Å². The van der Waals surface area contributed by atoms with Gasteiger partial charge >= 0.3 is 0 Å². The number of hydrogen-bond donors (Lipinski definition) is 2. The van der Waals surface area contributed by atoms with Gasteiger partial charge in [-0.25, -0.2) is 0 Å². The molecule has 0 bridgehead atoms. The Morgan fingerprint density at radius 2 is 2.04 bits per heavy atom. The van der Waals surface area contributed by atoms with Crippen LogP contribution in [0.25, 0.3) is 0 Å². The number of nitro benzene ring substituents is 1. The van der Waals surface area contributed by atoms with Gasteiger partial charge in [-0.05, 0) is 32.8 Å². The van der Waals surface area contributed by atoms with E-state index in [1.165, 1.54) is 19.2 Å². The lowest BCUT2D eigenvalue weighted by Crippen LogP contribution is -2.48. The molecule has 7 nitrogen and oxygen atoms in total. The summed E-state index contributed by atoms with van der Waals surface area (Å²) >= 11 is 0. The Labute approximate surface area is 136 Å². The average Bonchev–Trinajstić information content (AvgIpc) is 2.54.